The van der Waals surface area contributed by atoms with Gasteiger partial charge < -0.3 is 14.6 Å². The molecular weight excluding hydrogens is 448 g/mol. The fourth-order valence-corrected chi connectivity index (χ4v) is 6.98. The Morgan fingerprint density at radius 2 is 1.67 bits per heavy atom. The maximum atomic E-state index is 13.1. The molecule has 1 amide bonds. The molecule has 0 spiro atoms. The molecule has 36 heavy (non-hydrogen) atoms. The van der Waals surface area contributed by atoms with E-state index in [0.29, 0.717) is 31.3 Å². The average molecular weight is 487 g/mol. The van der Waals surface area contributed by atoms with Gasteiger partial charge in [0.2, 0.25) is 5.91 Å². The largest absolute Gasteiger partial charge is 0.381 e. The molecule has 4 atom stereocenters. The first-order valence-electron chi connectivity index (χ1n) is 13.8. The van der Waals surface area contributed by atoms with Crippen LogP contribution in [0.4, 0.5) is 0 Å². The van der Waals surface area contributed by atoms with Crippen molar-refractivity contribution >= 4 is 16.9 Å². The monoisotopic (exact) mass is 486 g/mol. The summed E-state index contributed by atoms with van der Waals surface area (Å²) in [6.45, 7) is 4.56. The number of hydrogen-bond acceptors (Lipinski definition) is 4. The van der Waals surface area contributed by atoms with Gasteiger partial charge in [0.1, 0.15) is 5.82 Å². The molecule has 6 rings (SSSR count). The van der Waals surface area contributed by atoms with Gasteiger partial charge in [0.15, 0.2) is 0 Å². The first-order chi connectivity index (χ1) is 17.7. The minimum Gasteiger partial charge on any atom is -0.381 e. The summed E-state index contributed by atoms with van der Waals surface area (Å²) in [5, 5.41) is 3.42. The standard InChI is InChI=1S/C30H38N4O2/c1-21-31-28-9-5-6-10-29(28)34(21)26-19-24-11-12-25(20-26)33(24)16-13-27(22-7-3-2-4-8-22)32-30(35)23-14-17-36-18-15-23/h2-10,23-27H,11-20H2,1H3,(H,32,35)/t24-,25+,26?,27-/m0/s1. The Kier molecular flexibility index (Phi) is 6.81. The van der Waals surface area contributed by atoms with Gasteiger partial charge in [0.05, 0.1) is 17.1 Å². The maximum Gasteiger partial charge on any atom is 0.223 e. The van der Waals surface area contributed by atoms with Gasteiger partial charge in [-0.05, 0) is 69.6 Å². The van der Waals surface area contributed by atoms with Crippen molar-refractivity contribution in [3.8, 4) is 0 Å². The van der Waals surface area contributed by atoms with E-state index < -0.39 is 0 Å². The van der Waals surface area contributed by atoms with E-state index in [9.17, 15) is 4.79 Å². The highest BCUT2D eigenvalue weighted by Gasteiger charge is 2.41. The summed E-state index contributed by atoms with van der Waals surface area (Å²) in [4.78, 5) is 20.7. The van der Waals surface area contributed by atoms with Crippen molar-refractivity contribution in [3.63, 3.8) is 0 Å². The molecule has 2 bridgehead atoms. The van der Waals surface area contributed by atoms with E-state index in [-0.39, 0.29) is 17.9 Å². The van der Waals surface area contributed by atoms with Gasteiger partial charge >= 0.3 is 0 Å². The van der Waals surface area contributed by atoms with Crippen LogP contribution in [0, 0.1) is 12.8 Å². The summed E-state index contributed by atoms with van der Waals surface area (Å²) >= 11 is 0. The van der Waals surface area contributed by atoms with Crippen LogP contribution in [0.15, 0.2) is 54.6 Å². The number of hydrogen-bond donors (Lipinski definition) is 1. The maximum absolute atomic E-state index is 13.1. The van der Waals surface area contributed by atoms with Gasteiger partial charge in [0.25, 0.3) is 0 Å². The number of fused-ring (bicyclic) bond motifs is 3. The lowest BCUT2D eigenvalue weighted by Crippen LogP contribution is -2.45. The molecule has 3 aliphatic heterocycles. The Labute approximate surface area is 214 Å². The number of ether oxygens (including phenoxy) is 1. The van der Waals surface area contributed by atoms with Crippen LogP contribution in [-0.2, 0) is 9.53 Å². The van der Waals surface area contributed by atoms with E-state index in [2.05, 4.69) is 70.2 Å². The van der Waals surface area contributed by atoms with E-state index in [0.717, 1.165) is 37.1 Å². The number of carbonyl (C=O) groups is 1. The number of nitrogens with zero attached hydrogens (tertiary/aromatic N) is 3. The molecule has 3 aromatic rings. The van der Waals surface area contributed by atoms with Crippen LogP contribution in [0.2, 0.25) is 0 Å². The zero-order valence-corrected chi connectivity index (χ0v) is 21.3. The second kappa shape index (κ2) is 10.3. The fourth-order valence-electron chi connectivity index (χ4n) is 6.98. The molecule has 3 aliphatic rings. The number of benzene rings is 2. The fraction of sp³-hybridized carbons (Fsp3) is 0.533. The first kappa shape index (κ1) is 23.7. The molecule has 0 aliphatic carbocycles. The highest BCUT2D eigenvalue weighted by molar-refractivity contribution is 5.79. The molecule has 6 heteroatoms. The number of para-hydroxylation sites is 2. The van der Waals surface area contributed by atoms with E-state index in [1.807, 2.05) is 6.07 Å². The molecule has 4 heterocycles. The SMILES string of the molecule is Cc1nc2ccccc2n1C1C[C@H]2CC[C@@H](C1)N2CC[C@H](NC(=O)C1CCOCC1)c1ccccc1. The minimum absolute atomic E-state index is 0.0542. The topological polar surface area (TPSA) is 59.4 Å². The zero-order chi connectivity index (χ0) is 24.5. The summed E-state index contributed by atoms with van der Waals surface area (Å²) in [5.41, 5.74) is 3.59. The van der Waals surface area contributed by atoms with Crippen LogP contribution in [0.5, 0.6) is 0 Å². The van der Waals surface area contributed by atoms with Gasteiger partial charge in [0, 0.05) is 43.8 Å². The molecule has 3 saturated heterocycles. The Morgan fingerprint density at radius 3 is 2.42 bits per heavy atom. The molecule has 1 aromatic heterocycles. The first-order valence-corrected chi connectivity index (χ1v) is 13.8. The molecule has 1 unspecified atom stereocenters. The van der Waals surface area contributed by atoms with Crippen LogP contribution in [-0.4, -0.2) is 52.2 Å². The van der Waals surface area contributed by atoms with Crippen molar-refractivity contribution in [2.75, 3.05) is 19.8 Å². The normalized spacial score (nSPS) is 25.8. The number of nitrogens with one attached hydrogen (secondary N) is 1. The van der Waals surface area contributed by atoms with Crippen molar-refractivity contribution < 1.29 is 9.53 Å². The smallest absolute Gasteiger partial charge is 0.223 e. The second-order valence-corrected chi connectivity index (χ2v) is 10.9. The third-order valence-electron chi connectivity index (χ3n) is 8.78. The van der Waals surface area contributed by atoms with Crippen LogP contribution in [0.1, 0.15) is 68.4 Å². The summed E-state index contributed by atoms with van der Waals surface area (Å²) in [6.07, 6.45) is 7.52. The Hall–Kier alpha value is -2.70. The predicted octanol–water partition coefficient (Wildman–Crippen LogP) is 5.19. The Balaban J connectivity index is 1.14. The second-order valence-electron chi connectivity index (χ2n) is 10.9. The summed E-state index contributed by atoms with van der Waals surface area (Å²) in [5.74, 6) is 1.40. The molecule has 6 nitrogen and oxygen atoms in total. The number of amides is 1. The van der Waals surface area contributed by atoms with E-state index in [1.165, 1.54) is 36.8 Å². The van der Waals surface area contributed by atoms with Crippen LogP contribution >= 0.6 is 0 Å². The summed E-state index contributed by atoms with van der Waals surface area (Å²) in [6, 6.07) is 20.9. The van der Waals surface area contributed by atoms with Crippen molar-refractivity contribution in [2.45, 2.75) is 76.0 Å². The molecule has 0 radical (unpaired) electrons. The number of piperidine rings is 1. The third-order valence-corrected chi connectivity index (χ3v) is 8.78. The lowest BCUT2D eigenvalue weighted by atomic mass is 9.94. The highest BCUT2D eigenvalue weighted by Crippen LogP contribution is 2.42. The molecule has 190 valence electrons. The van der Waals surface area contributed by atoms with Gasteiger partial charge in [-0.2, -0.15) is 0 Å². The van der Waals surface area contributed by atoms with E-state index in [4.69, 9.17) is 9.72 Å². The zero-order valence-electron chi connectivity index (χ0n) is 21.3. The average Bonchev–Trinajstić information content (AvgIpc) is 3.37. The number of rotatable bonds is 7. The number of carbonyl (C=O) groups excluding carboxylic acids is 1. The highest BCUT2D eigenvalue weighted by atomic mass is 16.5. The van der Waals surface area contributed by atoms with Crippen molar-refractivity contribution in [3.05, 3.63) is 66.0 Å². The Morgan fingerprint density at radius 1 is 0.972 bits per heavy atom. The van der Waals surface area contributed by atoms with Crippen LogP contribution in [0.25, 0.3) is 11.0 Å². The summed E-state index contributed by atoms with van der Waals surface area (Å²) in [7, 11) is 0. The lowest BCUT2D eigenvalue weighted by molar-refractivity contribution is -0.128. The predicted molar refractivity (Wildman–Crippen MR) is 142 cm³/mol. The molecule has 1 N–H and O–H groups in total. The molecular formula is C30H38N4O2. The van der Waals surface area contributed by atoms with E-state index in [1.54, 1.807) is 0 Å². The van der Waals surface area contributed by atoms with Gasteiger partial charge in [-0.25, -0.2) is 4.98 Å². The van der Waals surface area contributed by atoms with Gasteiger partial charge in [-0.1, -0.05) is 42.5 Å². The van der Waals surface area contributed by atoms with Crippen molar-refractivity contribution in [1.29, 1.82) is 0 Å². The number of aryl methyl sites for hydroxylation is 1. The number of imidazole rings is 1. The third kappa shape index (κ3) is 4.69. The van der Waals surface area contributed by atoms with Crippen LogP contribution in [0.3, 0.4) is 0 Å². The molecule has 3 fully saturated rings. The summed E-state index contributed by atoms with van der Waals surface area (Å²) < 4.78 is 7.97. The molecule has 0 saturated carbocycles. The van der Waals surface area contributed by atoms with Crippen molar-refractivity contribution in [2.24, 2.45) is 5.92 Å². The van der Waals surface area contributed by atoms with Gasteiger partial charge in [-0.15, -0.1) is 0 Å². The minimum atomic E-state index is 0.0542. The Bertz CT molecular complexity index is 1170. The molecule has 2 aromatic carbocycles. The lowest BCUT2D eigenvalue weighted by Gasteiger charge is -2.40. The number of aromatic nitrogens is 2. The quantitative estimate of drug-likeness (QED) is 0.500. The van der Waals surface area contributed by atoms with Crippen molar-refractivity contribution in [1.82, 2.24) is 19.8 Å². The van der Waals surface area contributed by atoms with E-state index >= 15 is 0 Å². The van der Waals surface area contributed by atoms with Crippen LogP contribution < -0.4 is 5.32 Å². The van der Waals surface area contributed by atoms with Gasteiger partial charge in [-0.3, -0.25) is 9.69 Å².